The minimum absolute atomic E-state index is 0.532. The molecule has 0 radical (unpaired) electrons. The molecular weight excluding hydrogens is 186 g/mol. The van der Waals surface area contributed by atoms with Crippen molar-refractivity contribution in [2.75, 3.05) is 6.54 Å². The summed E-state index contributed by atoms with van der Waals surface area (Å²) >= 11 is 0. The van der Waals surface area contributed by atoms with Gasteiger partial charge in [0.2, 0.25) is 0 Å². The summed E-state index contributed by atoms with van der Waals surface area (Å²) in [5.74, 6) is 0. The molecule has 0 spiro atoms. The van der Waals surface area contributed by atoms with Crippen LogP contribution in [0.4, 0.5) is 0 Å². The predicted octanol–water partition coefficient (Wildman–Crippen LogP) is 2.84. The Morgan fingerprint density at radius 1 is 1.27 bits per heavy atom. The number of aliphatic imine (C=N–C) groups is 2. The van der Waals surface area contributed by atoms with Crippen LogP contribution in [0.2, 0.25) is 0 Å². The van der Waals surface area contributed by atoms with E-state index in [1.807, 2.05) is 11.2 Å². The molecular formula is C12H21N3. The van der Waals surface area contributed by atoms with Gasteiger partial charge in [-0.1, -0.05) is 25.8 Å². The average molecular weight is 207 g/mol. The van der Waals surface area contributed by atoms with E-state index in [1.54, 1.807) is 6.34 Å². The Balaban J connectivity index is 2.38. The van der Waals surface area contributed by atoms with Gasteiger partial charge >= 0.3 is 0 Å². The van der Waals surface area contributed by atoms with E-state index in [2.05, 4.69) is 23.5 Å². The maximum atomic E-state index is 4.58. The van der Waals surface area contributed by atoms with Gasteiger partial charge in [0.15, 0.2) is 0 Å². The molecule has 0 aromatic heterocycles. The lowest BCUT2D eigenvalue weighted by atomic mass is 9.96. The van der Waals surface area contributed by atoms with Crippen molar-refractivity contribution in [1.29, 1.82) is 0 Å². The van der Waals surface area contributed by atoms with Gasteiger partial charge in [-0.05, 0) is 19.8 Å². The molecule has 3 heteroatoms. The third kappa shape index (κ3) is 4.77. The zero-order valence-corrected chi connectivity index (χ0v) is 9.60. The molecule has 15 heavy (non-hydrogen) atoms. The van der Waals surface area contributed by atoms with Crippen molar-refractivity contribution in [3.8, 4) is 0 Å². The Bertz CT molecular complexity index is 227. The van der Waals surface area contributed by atoms with Crippen LogP contribution in [-0.4, -0.2) is 30.2 Å². The van der Waals surface area contributed by atoms with E-state index in [1.165, 1.54) is 38.3 Å². The van der Waals surface area contributed by atoms with E-state index in [9.17, 15) is 0 Å². The van der Waals surface area contributed by atoms with Gasteiger partial charge in [0.25, 0.3) is 0 Å². The molecule has 0 unspecified atom stereocenters. The Morgan fingerprint density at radius 2 is 2.00 bits per heavy atom. The number of hydrogen-bond donors (Lipinski definition) is 0. The van der Waals surface area contributed by atoms with Crippen molar-refractivity contribution in [3.05, 3.63) is 12.8 Å². The minimum atomic E-state index is 0.532. The SMILES string of the molecule is C=CN=CN(C=NC1CCCCC1)CC. The first-order chi connectivity index (χ1) is 7.36. The molecule has 0 aromatic rings. The standard InChI is InChI=1S/C12H21N3/c1-3-13-10-15(4-2)11-14-12-8-6-5-7-9-12/h3,10-12H,1,4-9H2,2H3. The van der Waals surface area contributed by atoms with Crippen LogP contribution in [0.1, 0.15) is 39.0 Å². The van der Waals surface area contributed by atoms with Gasteiger partial charge in [-0.3, -0.25) is 4.99 Å². The molecule has 1 rings (SSSR count). The zero-order valence-electron chi connectivity index (χ0n) is 9.60. The monoisotopic (exact) mass is 207 g/mol. The summed E-state index contributed by atoms with van der Waals surface area (Å²) < 4.78 is 0. The molecule has 1 fully saturated rings. The van der Waals surface area contributed by atoms with Crippen molar-refractivity contribution in [1.82, 2.24) is 4.90 Å². The molecule has 0 aliphatic heterocycles. The molecule has 0 N–H and O–H groups in total. The highest BCUT2D eigenvalue weighted by molar-refractivity contribution is 5.75. The second-order valence-corrected chi connectivity index (χ2v) is 3.83. The number of nitrogens with zero attached hydrogens (tertiary/aromatic N) is 3. The normalized spacial score (nSPS) is 18.7. The van der Waals surface area contributed by atoms with E-state index in [0.29, 0.717) is 6.04 Å². The highest BCUT2D eigenvalue weighted by Crippen LogP contribution is 2.19. The summed E-state index contributed by atoms with van der Waals surface area (Å²) in [5, 5.41) is 0. The fraction of sp³-hybridized carbons (Fsp3) is 0.667. The summed E-state index contributed by atoms with van der Waals surface area (Å²) in [6.07, 6.45) is 11.7. The van der Waals surface area contributed by atoms with Gasteiger partial charge in [-0.25, -0.2) is 4.99 Å². The second-order valence-electron chi connectivity index (χ2n) is 3.83. The Morgan fingerprint density at radius 3 is 2.60 bits per heavy atom. The zero-order chi connectivity index (χ0) is 10.9. The van der Waals surface area contributed by atoms with Gasteiger partial charge < -0.3 is 4.90 Å². The van der Waals surface area contributed by atoms with E-state index in [0.717, 1.165) is 6.54 Å². The van der Waals surface area contributed by atoms with Gasteiger partial charge in [-0.15, -0.1) is 0 Å². The largest absolute Gasteiger partial charge is 0.324 e. The lowest BCUT2D eigenvalue weighted by Crippen LogP contribution is -2.21. The Kier molecular flexibility index (Phi) is 5.74. The van der Waals surface area contributed by atoms with Crippen LogP contribution in [0.15, 0.2) is 22.8 Å². The highest BCUT2D eigenvalue weighted by Gasteiger charge is 2.10. The maximum absolute atomic E-state index is 4.58. The summed E-state index contributed by atoms with van der Waals surface area (Å²) in [4.78, 5) is 10.5. The maximum Gasteiger partial charge on any atom is 0.0955 e. The van der Waals surface area contributed by atoms with Crippen molar-refractivity contribution >= 4 is 12.7 Å². The Hall–Kier alpha value is -1.12. The van der Waals surface area contributed by atoms with Crippen molar-refractivity contribution in [2.45, 2.75) is 45.1 Å². The smallest absolute Gasteiger partial charge is 0.0955 e. The lowest BCUT2D eigenvalue weighted by Gasteiger charge is -2.18. The lowest BCUT2D eigenvalue weighted by molar-refractivity contribution is 0.441. The first-order valence-electron chi connectivity index (χ1n) is 5.80. The first-order valence-corrected chi connectivity index (χ1v) is 5.80. The van der Waals surface area contributed by atoms with Crippen LogP contribution < -0.4 is 0 Å². The molecule has 84 valence electrons. The van der Waals surface area contributed by atoms with Crippen LogP contribution in [0.3, 0.4) is 0 Å². The third-order valence-electron chi connectivity index (χ3n) is 2.69. The van der Waals surface area contributed by atoms with Crippen LogP contribution in [0.5, 0.6) is 0 Å². The second kappa shape index (κ2) is 7.21. The third-order valence-corrected chi connectivity index (χ3v) is 2.69. The van der Waals surface area contributed by atoms with E-state index in [4.69, 9.17) is 0 Å². The predicted molar refractivity (Wildman–Crippen MR) is 66.4 cm³/mol. The molecule has 3 nitrogen and oxygen atoms in total. The molecule has 0 bridgehead atoms. The van der Waals surface area contributed by atoms with Crippen molar-refractivity contribution < 1.29 is 0 Å². The van der Waals surface area contributed by atoms with Gasteiger partial charge in [0.1, 0.15) is 0 Å². The molecule has 1 saturated carbocycles. The molecule has 0 aromatic carbocycles. The Labute approximate surface area is 92.6 Å². The van der Waals surface area contributed by atoms with Crippen molar-refractivity contribution in [3.63, 3.8) is 0 Å². The summed E-state index contributed by atoms with van der Waals surface area (Å²) in [6.45, 7) is 6.53. The highest BCUT2D eigenvalue weighted by atomic mass is 15.2. The van der Waals surface area contributed by atoms with E-state index in [-0.39, 0.29) is 0 Å². The van der Waals surface area contributed by atoms with Crippen LogP contribution in [-0.2, 0) is 0 Å². The van der Waals surface area contributed by atoms with E-state index >= 15 is 0 Å². The summed E-state index contributed by atoms with van der Waals surface area (Å²) in [6, 6.07) is 0.532. The summed E-state index contributed by atoms with van der Waals surface area (Å²) in [5.41, 5.74) is 0. The molecule has 1 aliphatic carbocycles. The topological polar surface area (TPSA) is 28.0 Å². The quantitative estimate of drug-likeness (QED) is 0.503. The van der Waals surface area contributed by atoms with Crippen LogP contribution in [0, 0.1) is 0 Å². The fourth-order valence-corrected chi connectivity index (χ4v) is 1.74. The fourth-order valence-electron chi connectivity index (χ4n) is 1.74. The molecule has 0 saturated heterocycles. The minimum Gasteiger partial charge on any atom is -0.324 e. The van der Waals surface area contributed by atoms with E-state index < -0.39 is 0 Å². The molecule has 0 atom stereocenters. The number of hydrogen-bond acceptors (Lipinski definition) is 2. The molecule has 0 amide bonds. The van der Waals surface area contributed by atoms with Crippen molar-refractivity contribution in [2.24, 2.45) is 9.98 Å². The van der Waals surface area contributed by atoms with Gasteiger partial charge in [0.05, 0.1) is 18.7 Å². The number of rotatable bonds is 5. The average Bonchev–Trinajstić information content (AvgIpc) is 2.31. The summed E-state index contributed by atoms with van der Waals surface area (Å²) in [7, 11) is 0. The molecule has 1 aliphatic rings. The first kappa shape index (κ1) is 12.0. The van der Waals surface area contributed by atoms with Crippen LogP contribution in [0.25, 0.3) is 0 Å². The van der Waals surface area contributed by atoms with Gasteiger partial charge in [0, 0.05) is 12.7 Å². The molecule has 0 heterocycles. The van der Waals surface area contributed by atoms with Gasteiger partial charge in [-0.2, -0.15) is 0 Å². The van der Waals surface area contributed by atoms with Crippen LogP contribution >= 0.6 is 0 Å².